The van der Waals surface area contributed by atoms with Gasteiger partial charge < -0.3 is 15.7 Å². The first-order valence-corrected chi connectivity index (χ1v) is 7.03. The topological polar surface area (TPSA) is 84.4 Å². The fourth-order valence-corrected chi connectivity index (χ4v) is 2.71. The fraction of sp³-hybridized carbons (Fsp3) is 0.333. The summed E-state index contributed by atoms with van der Waals surface area (Å²) >= 11 is 0. The SMILES string of the molecule is Nc1ccccc1-n1ccc(C(=O)N2CCC[C@@H]2CO)n1. The van der Waals surface area contributed by atoms with E-state index in [1.54, 1.807) is 27.9 Å². The second-order valence-electron chi connectivity index (χ2n) is 5.18. The molecule has 0 aliphatic carbocycles. The van der Waals surface area contributed by atoms with Crippen LogP contribution in [-0.4, -0.2) is 44.9 Å². The quantitative estimate of drug-likeness (QED) is 0.826. The van der Waals surface area contributed by atoms with Crippen LogP contribution in [-0.2, 0) is 0 Å². The molecule has 1 atom stereocenters. The molecule has 110 valence electrons. The molecule has 1 fully saturated rings. The zero-order valence-electron chi connectivity index (χ0n) is 11.6. The number of nitrogens with two attached hydrogens (primary N) is 1. The van der Waals surface area contributed by atoms with E-state index in [4.69, 9.17) is 5.73 Å². The Morgan fingerprint density at radius 1 is 1.38 bits per heavy atom. The molecule has 1 aliphatic rings. The number of para-hydroxylation sites is 2. The van der Waals surface area contributed by atoms with Crippen LogP contribution in [0.25, 0.3) is 5.69 Å². The number of nitrogens with zero attached hydrogens (tertiary/aromatic N) is 3. The van der Waals surface area contributed by atoms with E-state index in [0.717, 1.165) is 18.5 Å². The van der Waals surface area contributed by atoms with Crippen molar-refractivity contribution in [2.24, 2.45) is 0 Å². The van der Waals surface area contributed by atoms with Crippen LogP contribution >= 0.6 is 0 Å². The molecule has 0 saturated carbocycles. The molecule has 0 radical (unpaired) electrons. The Labute approximate surface area is 122 Å². The number of benzene rings is 1. The van der Waals surface area contributed by atoms with Crippen LogP contribution in [0.15, 0.2) is 36.5 Å². The number of carbonyl (C=O) groups excluding carboxylic acids is 1. The van der Waals surface area contributed by atoms with Gasteiger partial charge in [0.1, 0.15) is 0 Å². The molecular weight excluding hydrogens is 268 g/mol. The lowest BCUT2D eigenvalue weighted by molar-refractivity contribution is 0.0671. The molecule has 1 aromatic carbocycles. The molecule has 3 N–H and O–H groups in total. The molecule has 1 amide bonds. The summed E-state index contributed by atoms with van der Waals surface area (Å²) in [6.45, 7) is 0.669. The van der Waals surface area contributed by atoms with Crippen molar-refractivity contribution < 1.29 is 9.90 Å². The lowest BCUT2D eigenvalue weighted by atomic mass is 10.2. The fourth-order valence-electron chi connectivity index (χ4n) is 2.71. The third-order valence-corrected chi connectivity index (χ3v) is 3.84. The van der Waals surface area contributed by atoms with Gasteiger partial charge in [-0.15, -0.1) is 0 Å². The van der Waals surface area contributed by atoms with E-state index in [1.807, 2.05) is 18.2 Å². The molecule has 1 saturated heterocycles. The highest BCUT2D eigenvalue weighted by atomic mass is 16.3. The van der Waals surface area contributed by atoms with E-state index < -0.39 is 0 Å². The Morgan fingerprint density at radius 3 is 2.95 bits per heavy atom. The third kappa shape index (κ3) is 2.50. The van der Waals surface area contributed by atoms with Gasteiger partial charge in [0.05, 0.1) is 24.0 Å². The normalized spacial score (nSPS) is 18.1. The van der Waals surface area contributed by atoms with E-state index >= 15 is 0 Å². The monoisotopic (exact) mass is 286 g/mol. The van der Waals surface area contributed by atoms with Crippen LogP contribution in [0, 0.1) is 0 Å². The summed E-state index contributed by atoms with van der Waals surface area (Å²) in [6, 6.07) is 8.96. The van der Waals surface area contributed by atoms with E-state index in [2.05, 4.69) is 5.10 Å². The summed E-state index contributed by atoms with van der Waals surface area (Å²) in [6.07, 6.45) is 3.49. The molecule has 1 aliphatic heterocycles. The van der Waals surface area contributed by atoms with Crippen LogP contribution < -0.4 is 5.73 Å². The third-order valence-electron chi connectivity index (χ3n) is 3.84. The van der Waals surface area contributed by atoms with Gasteiger partial charge in [0.2, 0.25) is 0 Å². The number of hydrogen-bond donors (Lipinski definition) is 2. The van der Waals surface area contributed by atoms with Crippen molar-refractivity contribution in [2.45, 2.75) is 18.9 Å². The average molecular weight is 286 g/mol. The number of anilines is 1. The molecule has 1 aromatic heterocycles. The number of amides is 1. The minimum Gasteiger partial charge on any atom is -0.397 e. The maximum atomic E-state index is 12.5. The zero-order chi connectivity index (χ0) is 14.8. The summed E-state index contributed by atoms with van der Waals surface area (Å²) in [5, 5.41) is 13.6. The Hall–Kier alpha value is -2.34. The van der Waals surface area contributed by atoms with Gasteiger partial charge in [0, 0.05) is 12.7 Å². The maximum Gasteiger partial charge on any atom is 0.274 e. The summed E-state index contributed by atoms with van der Waals surface area (Å²) in [5.41, 5.74) is 7.64. The lowest BCUT2D eigenvalue weighted by Crippen LogP contribution is -2.37. The highest BCUT2D eigenvalue weighted by molar-refractivity contribution is 5.92. The average Bonchev–Trinajstić information content (AvgIpc) is 3.16. The molecule has 6 heteroatoms. The number of rotatable bonds is 3. The second kappa shape index (κ2) is 5.57. The van der Waals surface area contributed by atoms with Gasteiger partial charge in [-0.05, 0) is 31.0 Å². The van der Waals surface area contributed by atoms with E-state index in [1.165, 1.54) is 0 Å². The molecule has 0 bridgehead atoms. The number of aliphatic hydroxyl groups is 1. The van der Waals surface area contributed by atoms with Crippen LogP contribution in [0.2, 0.25) is 0 Å². The van der Waals surface area contributed by atoms with Crippen LogP contribution in [0.1, 0.15) is 23.3 Å². The van der Waals surface area contributed by atoms with Gasteiger partial charge >= 0.3 is 0 Å². The van der Waals surface area contributed by atoms with Crippen LogP contribution in [0.5, 0.6) is 0 Å². The minimum atomic E-state index is -0.139. The van der Waals surface area contributed by atoms with Crippen LogP contribution in [0.3, 0.4) is 0 Å². The number of aliphatic hydroxyl groups excluding tert-OH is 1. The first-order chi connectivity index (χ1) is 10.2. The van der Waals surface area contributed by atoms with E-state index in [0.29, 0.717) is 17.9 Å². The molecule has 21 heavy (non-hydrogen) atoms. The Bertz CT molecular complexity index is 653. The van der Waals surface area contributed by atoms with E-state index in [9.17, 15) is 9.90 Å². The largest absolute Gasteiger partial charge is 0.397 e. The standard InChI is InChI=1S/C15H18N4O2/c16-12-5-1-2-6-14(12)19-9-7-13(17-19)15(21)18-8-3-4-11(18)10-20/h1-2,5-7,9,11,20H,3-4,8,10,16H2/t11-/m1/s1. The van der Waals surface area contributed by atoms with Crippen molar-refractivity contribution in [3.63, 3.8) is 0 Å². The molecule has 0 unspecified atom stereocenters. The summed E-state index contributed by atoms with van der Waals surface area (Å²) < 4.78 is 1.60. The number of likely N-dealkylation sites (tertiary alicyclic amines) is 1. The second-order valence-corrected chi connectivity index (χ2v) is 5.18. The van der Waals surface area contributed by atoms with Gasteiger partial charge in [-0.3, -0.25) is 4.79 Å². The van der Waals surface area contributed by atoms with Crippen LogP contribution in [0.4, 0.5) is 5.69 Å². The Morgan fingerprint density at radius 2 is 2.19 bits per heavy atom. The molecule has 6 nitrogen and oxygen atoms in total. The first kappa shape index (κ1) is 13.6. The Balaban J connectivity index is 1.85. The number of carbonyl (C=O) groups is 1. The maximum absolute atomic E-state index is 12.5. The molecule has 2 heterocycles. The van der Waals surface area contributed by atoms with Gasteiger partial charge in [-0.2, -0.15) is 5.10 Å². The van der Waals surface area contributed by atoms with Gasteiger partial charge in [0.25, 0.3) is 5.91 Å². The summed E-state index contributed by atoms with van der Waals surface area (Å²) in [7, 11) is 0. The molecule has 2 aromatic rings. The highest BCUT2D eigenvalue weighted by Gasteiger charge is 2.29. The number of nitrogen functional groups attached to an aromatic ring is 1. The van der Waals surface area contributed by atoms with Crippen molar-refractivity contribution in [3.8, 4) is 5.69 Å². The number of aromatic nitrogens is 2. The summed E-state index contributed by atoms with van der Waals surface area (Å²) in [5.74, 6) is -0.139. The van der Waals surface area contributed by atoms with Crippen molar-refractivity contribution in [1.29, 1.82) is 0 Å². The van der Waals surface area contributed by atoms with Crippen molar-refractivity contribution in [2.75, 3.05) is 18.9 Å². The lowest BCUT2D eigenvalue weighted by Gasteiger charge is -2.21. The minimum absolute atomic E-state index is 0.00190. The van der Waals surface area contributed by atoms with Gasteiger partial charge in [-0.25, -0.2) is 4.68 Å². The van der Waals surface area contributed by atoms with E-state index in [-0.39, 0.29) is 18.6 Å². The summed E-state index contributed by atoms with van der Waals surface area (Å²) in [4.78, 5) is 14.1. The van der Waals surface area contributed by atoms with Gasteiger partial charge in [0.15, 0.2) is 5.69 Å². The zero-order valence-corrected chi connectivity index (χ0v) is 11.6. The smallest absolute Gasteiger partial charge is 0.274 e. The molecular formula is C15H18N4O2. The van der Waals surface area contributed by atoms with Gasteiger partial charge in [-0.1, -0.05) is 12.1 Å². The first-order valence-electron chi connectivity index (χ1n) is 7.03. The number of hydrogen-bond acceptors (Lipinski definition) is 4. The highest BCUT2D eigenvalue weighted by Crippen LogP contribution is 2.20. The Kier molecular flexibility index (Phi) is 3.62. The predicted molar refractivity (Wildman–Crippen MR) is 79.1 cm³/mol. The van der Waals surface area contributed by atoms with Crippen molar-refractivity contribution in [3.05, 3.63) is 42.2 Å². The molecule has 0 spiro atoms. The predicted octanol–water partition coefficient (Wildman–Crippen LogP) is 1.05. The molecule has 3 rings (SSSR count). The van der Waals surface area contributed by atoms with Crippen molar-refractivity contribution >= 4 is 11.6 Å². The van der Waals surface area contributed by atoms with Crippen molar-refractivity contribution in [1.82, 2.24) is 14.7 Å².